The maximum Gasteiger partial charge on any atom is 0.419 e. The molecule has 7 heteroatoms. The zero-order valence-electron chi connectivity index (χ0n) is 8.55. The van der Waals surface area contributed by atoms with Crippen molar-refractivity contribution in [3.05, 3.63) is 41.5 Å². The van der Waals surface area contributed by atoms with Gasteiger partial charge in [-0.3, -0.25) is 0 Å². The minimum absolute atomic E-state index is 0.0233. The molecular formula is C10H10F4N2O. The van der Waals surface area contributed by atoms with Crippen LogP contribution in [-0.4, -0.2) is 11.7 Å². The number of aliphatic hydroxyl groups is 1. The predicted octanol–water partition coefficient (Wildman–Crippen LogP) is 2.05. The molecule has 0 aliphatic heterocycles. The summed E-state index contributed by atoms with van der Waals surface area (Å²) in [4.78, 5) is 0. The monoisotopic (exact) mass is 250 g/mol. The van der Waals surface area contributed by atoms with Gasteiger partial charge in [-0.1, -0.05) is 0 Å². The van der Waals surface area contributed by atoms with Crippen molar-refractivity contribution in [3.8, 4) is 0 Å². The number of rotatable bonds is 3. The standard InChI is InChI=1S/C10H10F4N2O/c11-9-2-1-7(16-4-6(15)5-17)3-8(9)10(12,13)14/h1-4,16-17H,5,15H2/b6-4-. The first-order valence-corrected chi connectivity index (χ1v) is 4.53. The molecule has 0 aliphatic carbocycles. The van der Waals surface area contributed by atoms with Crippen molar-refractivity contribution in [1.29, 1.82) is 0 Å². The number of halogens is 4. The van der Waals surface area contributed by atoms with E-state index in [1.54, 1.807) is 0 Å². The zero-order chi connectivity index (χ0) is 13.1. The van der Waals surface area contributed by atoms with Crippen molar-refractivity contribution < 1.29 is 22.7 Å². The molecule has 0 bridgehead atoms. The van der Waals surface area contributed by atoms with E-state index in [-0.39, 0.29) is 11.4 Å². The zero-order valence-corrected chi connectivity index (χ0v) is 8.55. The number of anilines is 1. The van der Waals surface area contributed by atoms with Crippen molar-refractivity contribution in [1.82, 2.24) is 0 Å². The molecule has 4 N–H and O–H groups in total. The van der Waals surface area contributed by atoms with Crippen LogP contribution in [0.25, 0.3) is 0 Å². The normalized spacial score (nSPS) is 12.6. The number of hydrogen-bond acceptors (Lipinski definition) is 3. The molecule has 0 aromatic heterocycles. The molecule has 1 aromatic rings. The molecular weight excluding hydrogens is 240 g/mol. The first-order valence-electron chi connectivity index (χ1n) is 4.53. The molecule has 0 fully saturated rings. The van der Waals surface area contributed by atoms with Crippen LogP contribution >= 0.6 is 0 Å². The van der Waals surface area contributed by atoms with Crippen LogP contribution in [0.3, 0.4) is 0 Å². The quantitative estimate of drug-likeness (QED) is 0.719. The number of hydrogen-bond donors (Lipinski definition) is 3. The summed E-state index contributed by atoms with van der Waals surface area (Å²) < 4.78 is 49.9. The van der Waals surface area contributed by atoms with Crippen molar-refractivity contribution in [2.24, 2.45) is 5.73 Å². The van der Waals surface area contributed by atoms with E-state index in [9.17, 15) is 17.6 Å². The molecule has 0 amide bonds. The predicted molar refractivity (Wildman–Crippen MR) is 54.4 cm³/mol. The Bertz CT molecular complexity index is 429. The number of aliphatic hydroxyl groups excluding tert-OH is 1. The van der Waals surface area contributed by atoms with E-state index in [4.69, 9.17) is 10.8 Å². The molecule has 0 saturated heterocycles. The Morgan fingerprint density at radius 2 is 2.06 bits per heavy atom. The average Bonchev–Trinajstić information content (AvgIpc) is 2.26. The molecule has 0 radical (unpaired) electrons. The van der Waals surface area contributed by atoms with Crippen LogP contribution in [0.2, 0.25) is 0 Å². The van der Waals surface area contributed by atoms with Gasteiger partial charge in [-0.2, -0.15) is 13.2 Å². The summed E-state index contributed by atoms with van der Waals surface area (Å²) in [6, 6.07) is 2.45. The Morgan fingerprint density at radius 1 is 1.41 bits per heavy atom. The summed E-state index contributed by atoms with van der Waals surface area (Å²) >= 11 is 0. The summed E-state index contributed by atoms with van der Waals surface area (Å²) in [6.45, 7) is -0.430. The second-order valence-electron chi connectivity index (χ2n) is 3.21. The maximum atomic E-state index is 12.9. The average molecular weight is 250 g/mol. The van der Waals surface area contributed by atoms with Crippen LogP contribution in [-0.2, 0) is 6.18 Å². The van der Waals surface area contributed by atoms with Crippen LogP contribution in [0.1, 0.15) is 5.56 Å². The van der Waals surface area contributed by atoms with E-state index < -0.39 is 24.2 Å². The molecule has 94 valence electrons. The van der Waals surface area contributed by atoms with Crippen molar-refractivity contribution >= 4 is 5.69 Å². The topological polar surface area (TPSA) is 58.3 Å². The molecule has 0 unspecified atom stereocenters. The van der Waals surface area contributed by atoms with Gasteiger partial charge in [0, 0.05) is 11.9 Å². The van der Waals surface area contributed by atoms with E-state index in [1.165, 1.54) is 0 Å². The molecule has 0 atom stereocenters. The molecule has 17 heavy (non-hydrogen) atoms. The van der Waals surface area contributed by atoms with E-state index in [2.05, 4.69) is 5.32 Å². The summed E-state index contributed by atoms with van der Waals surface area (Å²) in [6.07, 6.45) is -3.62. The Labute approximate surface area is 94.5 Å². The molecule has 0 heterocycles. The van der Waals surface area contributed by atoms with Gasteiger partial charge in [0.25, 0.3) is 0 Å². The first kappa shape index (κ1) is 13.3. The lowest BCUT2D eigenvalue weighted by Gasteiger charge is -2.10. The van der Waals surface area contributed by atoms with Crippen LogP contribution in [0.4, 0.5) is 23.2 Å². The van der Waals surface area contributed by atoms with E-state index in [1.807, 2.05) is 0 Å². The molecule has 0 aliphatic rings. The van der Waals surface area contributed by atoms with E-state index in [0.717, 1.165) is 12.3 Å². The highest BCUT2D eigenvalue weighted by Gasteiger charge is 2.34. The summed E-state index contributed by atoms with van der Waals surface area (Å²) in [5.41, 5.74) is 3.93. The van der Waals surface area contributed by atoms with Gasteiger partial charge in [0.05, 0.1) is 17.9 Å². The van der Waals surface area contributed by atoms with Gasteiger partial charge in [0.15, 0.2) is 0 Å². The smallest absolute Gasteiger partial charge is 0.399 e. The number of nitrogens with two attached hydrogens (primary N) is 1. The van der Waals surface area contributed by atoms with Crippen molar-refractivity contribution in [2.45, 2.75) is 6.18 Å². The van der Waals surface area contributed by atoms with Gasteiger partial charge in [-0.25, -0.2) is 4.39 Å². The van der Waals surface area contributed by atoms with E-state index in [0.29, 0.717) is 12.1 Å². The summed E-state index contributed by atoms with van der Waals surface area (Å²) in [7, 11) is 0. The highest BCUT2D eigenvalue weighted by atomic mass is 19.4. The maximum absolute atomic E-state index is 12.9. The lowest BCUT2D eigenvalue weighted by molar-refractivity contribution is -0.139. The summed E-state index contributed by atoms with van der Waals surface area (Å²) in [5.74, 6) is -1.35. The Balaban J connectivity index is 2.98. The third-order valence-electron chi connectivity index (χ3n) is 1.88. The van der Waals surface area contributed by atoms with Gasteiger partial charge in [0.1, 0.15) is 5.82 Å². The SMILES string of the molecule is N/C(=C\Nc1ccc(F)c(C(F)(F)F)c1)CO. The third-order valence-corrected chi connectivity index (χ3v) is 1.88. The van der Waals surface area contributed by atoms with Crippen LogP contribution in [0.15, 0.2) is 30.1 Å². The van der Waals surface area contributed by atoms with Crippen LogP contribution in [0.5, 0.6) is 0 Å². The third kappa shape index (κ3) is 3.63. The van der Waals surface area contributed by atoms with Gasteiger partial charge in [0.2, 0.25) is 0 Å². The van der Waals surface area contributed by atoms with Crippen LogP contribution < -0.4 is 11.1 Å². The molecule has 1 aromatic carbocycles. The van der Waals surface area contributed by atoms with Gasteiger partial charge in [-0.05, 0) is 18.2 Å². The number of alkyl halides is 3. The Kier molecular flexibility index (Phi) is 3.95. The van der Waals surface area contributed by atoms with Crippen molar-refractivity contribution in [2.75, 3.05) is 11.9 Å². The first-order chi connectivity index (χ1) is 7.84. The second kappa shape index (κ2) is 5.05. The second-order valence-corrected chi connectivity index (χ2v) is 3.21. The van der Waals surface area contributed by atoms with Crippen molar-refractivity contribution in [3.63, 3.8) is 0 Å². The minimum Gasteiger partial charge on any atom is -0.399 e. The summed E-state index contributed by atoms with van der Waals surface area (Å²) in [5, 5.41) is 11.0. The highest BCUT2D eigenvalue weighted by Crippen LogP contribution is 2.32. The number of nitrogens with one attached hydrogen (secondary N) is 1. The van der Waals surface area contributed by atoms with Gasteiger partial charge in [-0.15, -0.1) is 0 Å². The Morgan fingerprint density at radius 3 is 2.59 bits per heavy atom. The lowest BCUT2D eigenvalue weighted by atomic mass is 10.2. The molecule has 3 nitrogen and oxygen atoms in total. The fourth-order valence-electron chi connectivity index (χ4n) is 1.05. The molecule has 0 spiro atoms. The fraction of sp³-hybridized carbons (Fsp3) is 0.200. The Hall–Kier alpha value is -1.76. The van der Waals surface area contributed by atoms with Crippen LogP contribution in [0, 0.1) is 5.82 Å². The lowest BCUT2D eigenvalue weighted by Crippen LogP contribution is -2.09. The number of benzene rings is 1. The largest absolute Gasteiger partial charge is 0.419 e. The van der Waals surface area contributed by atoms with Gasteiger partial charge < -0.3 is 16.2 Å². The fourth-order valence-corrected chi connectivity index (χ4v) is 1.05. The minimum atomic E-state index is -4.76. The van der Waals surface area contributed by atoms with Gasteiger partial charge >= 0.3 is 6.18 Å². The van der Waals surface area contributed by atoms with E-state index >= 15 is 0 Å². The highest BCUT2D eigenvalue weighted by molar-refractivity contribution is 5.49. The molecule has 0 saturated carbocycles. The molecule has 1 rings (SSSR count).